The molecule has 0 fully saturated rings. The summed E-state index contributed by atoms with van der Waals surface area (Å²) in [4.78, 5) is 17.5. The third kappa shape index (κ3) is 6.13. The van der Waals surface area contributed by atoms with E-state index in [0.29, 0.717) is 11.4 Å². The molecule has 7 heteroatoms. The van der Waals surface area contributed by atoms with Gasteiger partial charge in [-0.15, -0.1) is 47.5 Å². The second-order valence-corrected chi connectivity index (χ2v) is 14.9. The van der Waals surface area contributed by atoms with Gasteiger partial charge in [-0.1, -0.05) is 43.9 Å². The van der Waals surface area contributed by atoms with E-state index in [0.717, 1.165) is 39.0 Å². The summed E-state index contributed by atoms with van der Waals surface area (Å²) in [5.41, 5.74) is 5.69. The van der Waals surface area contributed by atoms with Crippen LogP contribution in [0.5, 0.6) is 0 Å². The van der Waals surface area contributed by atoms with Crippen molar-refractivity contribution >= 4 is 35.5 Å². The average Bonchev–Trinajstić information content (AvgIpc) is 3.30. The van der Waals surface area contributed by atoms with Crippen molar-refractivity contribution in [1.82, 2.24) is 19.9 Å². The van der Waals surface area contributed by atoms with E-state index in [1.54, 1.807) is 18.2 Å². The fraction of sp³-hybridized carbons (Fsp3) is 0.161. The van der Waals surface area contributed by atoms with Gasteiger partial charge >= 0.3 is 0 Å². The number of hydrogen-bond acceptors (Lipinski definition) is 5. The molecule has 6 rings (SSSR count). The van der Waals surface area contributed by atoms with Crippen LogP contribution in [-0.4, -0.2) is 28.0 Å². The topological polar surface area (TPSA) is 64.7 Å². The maximum absolute atomic E-state index is 7.23. The van der Waals surface area contributed by atoms with Crippen molar-refractivity contribution in [2.24, 2.45) is 0 Å². The van der Waals surface area contributed by atoms with E-state index in [9.17, 15) is 0 Å². The van der Waals surface area contributed by atoms with Crippen molar-refractivity contribution in [2.45, 2.75) is 33.4 Å². The number of benzene rings is 1. The molecule has 0 aliphatic carbocycles. The van der Waals surface area contributed by atoms with E-state index in [2.05, 4.69) is 64.0 Å². The monoisotopic (exact) mass is 696 g/mol. The molecule has 5 nitrogen and oxygen atoms in total. The summed E-state index contributed by atoms with van der Waals surface area (Å²) < 4.78 is 27.4. The van der Waals surface area contributed by atoms with Gasteiger partial charge in [0, 0.05) is 47.7 Å². The third-order valence-electron chi connectivity index (χ3n) is 5.93. The number of hydrogen-bond donors (Lipinski definition) is 0. The van der Waals surface area contributed by atoms with Gasteiger partial charge in [-0.05, 0) is 59.6 Å². The van der Waals surface area contributed by atoms with E-state index in [1.807, 2.05) is 49.5 Å². The number of fused-ring (bicyclic) bond motifs is 3. The van der Waals surface area contributed by atoms with Crippen LogP contribution in [-0.2, 0) is 20.1 Å². The number of aryl methyl sites for hydroxylation is 2. The normalized spacial score (nSPS) is 12.6. The molecule has 0 aliphatic rings. The molecule has 0 amide bonds. The first-order valence-corrected chi connectivity index (χ1v) is 15.5. The minimum Gasteiger partial charge on any atom is -0.467 e. The second-order valence-electron chi connectivity index (χ2n) is 9.80. The van der Waals surface area contributed by atoms with Crippen LogP contribution in [0.3, 0.4) is 0 Å². The SMILES string of the molecule is Cc1ccc2c(n1)oc1n[c-]c(-c3ccc([Si](C)(C)C)cn3)cc12.[2H]C([2H])([2H])c1ccc(-c2[c-]cccc2)nc1.[Ir]. The number of aromatic nitrogens is 4. The smallest absolute Gasteiger partial charge is 0.217 e. The fourth-order valence-electron chi connectivity index (χ4n) is 3.82. The van der Waals surface area contributed by atoms with Crippen molar-refractivity contribution in [3.63, 3.8) is 0 Å². The van der Waals surface area contributed by atoms with Gasteiger partial charge in [-0.25, -0.2) is 4.98 Å². The molecule has 0 aliphatic heterocycles. The van der Waals surface area contributed by atoms with Crippen molar-refractivity contribution in [2.75, 3.05) is 0 Å². The van der Waals surface area contributed by atoms with Gasteiger partial charge in [-0.3, -0.25) is 0 Å². The summed E-state index contributed by atoms with van der Waals surface area (Å²) in [5.74, 6) is 0. The van der Waals surface area contributed by atoms with Crippen LogP contribution >= 0.6 is 0 Å². The van der Waals surface area contributed by atoms with Crippen LogP contribution in [0.15, 0.2) is 83.5 Å². The number of rotatable bonds is 3. The molecule has 0 bridgehead atoms. The fourth-order valence-corrected chi connectivity index (χ4v) is 4.86. The molecule has 0 saturated carbocycles. The minimum absolute atomic E-state index is 0. The van der Waals surface area contributed by atoms with Gasteiger partial charge in [0.05, 0.1) is 8.07 Å². The number of pyridine rings is 4. The zero-order chi connectivity index (χ0) is 28.5. The summed E-state index contributed by atoms with van der Waals surface area (Å²) in [6.45, 7) is 6.80. The van der Waals surface area contributed by atoms with Crippen LogP contribution in [0, 0.1) is 26.0 Å². The van der Waals surface area contributed by atoms with E-state index in [4.69, 9.17) is 8.53 Å². The zero-order valence-electron chi connectivity index (χ0n) is 24.5. The van der Waals surface area contributed by atoms with Crippen molar-refractivity contribution in [1.29, 1.82) is 0 Å². The van der Waals surface area contributed by atoms with Crippen molar-refractivity contribution in [3.05, 3.63) is 103 Å². The van der Waals surface area contributed by atoms with E-state index >= 15 is 0 Å². The molecule has 1 radical (unpaired) electrons. The molecular weight excluding hydrogens is 665 g/mol. The number of furan rings is 1. The molecule has 0 atom stereocenters. The molecule has 193 valence electrons. The quantitative estimate of drug-likeness (QED) is 0.148. The Kier molecular flexibility index (Phi) is 7.13. The Hall–Kier alpha value is -3.51. The Balaban J connectivity index is 0.000000200. The molecule has 6 aromatic rings. The summed E-state index contributed by atoms with van der Waals surface area (Å²) in [5, 5.41) is 3.26. The predicted octanol–water partition coefficient (Wildman–Crippen LogP) is 6.95. The van der Waals surface area contributed by atoms with Crippen LogP contribution in [0.2, 0.25) is 19.6 Å². The van der Waals surface area contributed by atoms with Crippen molar-refractivity contribution < 1.29 is 28.6 Å². The van der Waals surface area contributed by atoms with Gasteiger partial charge in [0.1, 0.15) is 5.71 Å². The first-order valence-electron chi connectivity index (χ1n) is 13.5. The minimum atomic E-state index is -2.09. The summed E-state index contributed by atoms with van der Waals surface area (Å²) in [7, 11) is -1.34. The third-order valence-corrected chi connectivity index (χ3v) is 7.96. The first-order chi connectivity index (χ1) is 19.0. The maximum Gasteiger partial charge on any atom is 0.217 e. The van der Waals surface area contributed by atoms with E-state index in [1.165, 1.54) is 11.4 Å². The van der Waals surface area contributed by atoms with Gasteiger partial charge in [0.25, 0.3) is 0 Å². The molecular formula is C31H28IrN4OSi-2. The molecule has 5 heterocycles. The van der Waals surface area contributed by atoms with Crippen LogP contribution in [0.25, 0.3) is 44.7 Å². The Labute approximate surface area is 242 Å². The average molecular weight is 696 g/mol. The molecule has 0 unspecified atom stereocenters. The molecule has 0 spiro atoms. The van der Waals surface area contributed by atoms with Crippen LogP contribution in [0.4, 0.5) is 0 Å². The molecule has 5 aromatic heterocycles. The number of nitrogens with zero attached hydrogens (tertiary/aromatic N) is 4. The summed E-state index contributed by atoms with van der Waals surface area (Å²) in [6, 6.07) is 24.0. The molecule has 1 aromatic carbocycles. The standard InChI is InChI=1S/C19H18N3OSi.C12H10N.Ir/c1-12-5-7-15-16-9-13(10-21-18(16)23-19(15)22-12)17-8-6-14(11-20-17)24(2,3)4;1-10-7-8-12(13-9-10)11-5-3-2-4-6-11;/h5-9,11H,1-4H3;2-5,7-9H,1H3;/q2*-1;/i;1D3;. The second kappa shape index (κ2) is 11.5. The van der Waals surface area contributed by atoms with Gasteiger partial charge in [0.2, 0.25) is 5.71 Å². The largest absolute Gasteiger partial charge is 0.467 e. The van der Waals surface area contributed by atoms with Crippen molar-refractivity contribution in [3.8, 4) is 22.5 Å². The van der Waals surface area contributed by atoms with Gasteiger partial charge in [0.15, 0.2) is 0 Å². The predicted molar refractivity (Wildman–Crippen MR) is 152 cm³/mol. The molecule has 0 saturated heterocycles. The summed E-state index contributed by atoms with van der Waals surface area (Å²) >= 11 is 0. The maximum atomic E-state index is 7.23. The molecule has 38 heavy (non-hydrogen) atoms. The van der Waals surface area contributed by atoms with E-state index < -0.39 is 14.9 Å². The van der Waals surface area contributed by atoms with Gasteiger partial charge < -0.3 is 19.4 Å². The molecule has 0 N–H and O–H groups in total. The van der Waals surface area contributed by atoms with Crippen LogP contribution in [0.1, 0.15) is 15.4 Å². The first kappa shape index (κ1) is 23.6. The van der Waals surface area contributed by atoms with Crippen LogP contribution < -0.4 is 5.19 Å². The summed E-state index contributed by atoms with van der Waals surface area (Å²) in [6.07, 6.45) is 6.41. The Morgan fingerprint density at radius 2 is 1.63 bits per heavy atom. The Morgan fingerprint density at radius 3 is 2.29 bits per heavy atom. The van der Waals surface area contributed by atoms with E-state index in [-0.39, 0.29) is 25.7 Å². The Bertz CT molecular complexity index is 1770. The zero-order valence-corrected chi connectivity index (χ0v) is 24.9. The van der Waals surface area contributed by atoms with Gasteiger partial charge in [-0.2, -0.15) is 0 Å². The Morgan fingerprint density at radius 1 is 0.842 bits per heavy atom.